The number of sulfone groups is 1. The van der Waals surface area contributed by atoms with Gasteiger partial charge in [-0.15, -0.1) is 0 Å². The Labute approximate surface area is 177 Å². The maximum Gasteiger partial charge on any atom is 0.331 e. The summed E-state index contributed by atoms with van der Waals surface area (Å²) in [5, 5.41) is 2.74. The first kappa shape index (κ1) is 22.7. The van der Waals surface area contributed by atoms with Gasteiger partial charge in [-0.3, -0.25) is 9.69 Å². The molecule has 2 heterocycles. The third-order valence-electron chi connectivity index (χ3n) is 5.73. The van der Waals surface area contributed by atoms with Crippen molar-refractivity contribution in [2.24, 2.45) is 0 Å². The normalized spacial score (nSPS) is 26.0. The molecule has 3 rings (SSSR count). The van der Waals surface area contributed by atoms with Crippen molar-refractivity contribution in [1.29, 1.82) is 0 Å². The van der Waals surface area contributed by atoms with Gasteiger partial charge >= 0.3 is 5.97 Å². The van der Waals surface area contributed by atoms with Gasteiger partial charge in [-0.05, 0) is 44.4 Å². The van der Waals surface area contributed by atoms with Crippen molar-refractivity contribution in [1.82, 2.24) is 10.2 Å². The largest absolute Gasteiger partial charge is 0.467 e. The molecule has 0 radical (unpaired) electrons. The molecule has 2 aliphatic heterocycles. The van der Waals surface area contributed by atoms with E-state index >= 15 is 0 Å². The fraction of sp³-hybridized carbons (Fsp3) is 0.619. The Morgan fingerprint density at radius 3 is 2.23 bits per heavy atom. The van der Waals surface area contributed by atoms with E-state index in [2.05, 4.69) is 24.1 Å². The van der Waals surface area contributed by atoms with Gasteiger partial charge in [-0.1, -0.05) is 12.1 Å². The fourth-order valence-corrected chi connectivity index (χ4v) is 5.71. The molecule has 0 bridgehead atoms. The standard InChI is InChI=1S/C21H30N2O6S/c1-15-12-23(13-16(2)29-15)14-17-4-6-18(7-5-17)19(24)22-21(20(25)28-3)8-10-30(26,27)11-9-21/h4-7,15-16H,8-14H2,1-3H3,(H,22,24)/t15-,16+. The zero-order valence-corrected chi connectivity index (χ0v) is 18.5. The first-order valence-electron chi connectivity index (χ1n) is 10.2. The zero-order chi connectivity index (χ0) is 21.9. The Balaban J connectivity index is 1.66. The number of nitrogens with zero attached hydrogens (tertiary/aromatic N) is 1. The molecular weight excluding hydrogens is 408 g/mol. The van der Waals surface area contributed by atoms with Crippen LogP contribution in [0.1, 0.15) is 42.6 Å². The molecule has 8 nitrogen and oxygen atoms in total. The van der Waals surface area contributed by atoms with Crippen LogP contribution in [-0.2, 0) is 30.7 Å². The number of morpholine rings is 1. The van der Waals surface area contributed by atoms with Crippen LogP contribution >= 0.6 is 0 Å². The quantitative estimate of drug-likeness (QED) is 0.688. The van der Waals surface area contributed by atoms with Crippen molar-refractivity contribution in [3.8, 4) is 0 Å². The maximum atomic E-state index is 12.8. The Morgan fingerprint density at radius 2 is 1.70 bits per heavy atom. The number of hydrogen-bond acceptors (Lipinski definition) is 7. The lowest BCUT2D eigenvalue weighted by Gasteiger charge is -2.35. The summed E-state index contributed by atoms with van der Waals surface area (Å²) in [6.07, 6.45) is 0.401. The Morgan fingerprint density at radius 1 is 1.13 bits per heavy atom. The van der Waals surface area contributed by atoms with E-state index < -0.39 is 27.3 Å². The summed E-state index contributed by atoms with van der Waals surface area (Å²) in [7, 11) is -1.96. The summed E-state index contributed by atoms with van der Waals surface area (Å²) in [4.78, 5) is 27.5. The summed E-state index contributed by atoms with van der Waals surface area (Å²) in [6.45, 7) is 6.60. The molecule has 30 heavy (non-hydrogen) atoms. The minimum atomic E-state index is -3.20. The first-order valence-corrected chi connectivity index (χ1v) is 12.0. The minimum Gasteiger partial charge on any atom is -0.467 e. The Kier molecular flexibility index (Phi) is 6.84. The molecule has 1 aromatic carbocycles. The fourth-order valence-electron chi connectivity index (χ4n) is 4.18. The van der Waals surface area contributed by atoms with Crippen LogP contribution in [0.5, 0.6) is 0 Å². The molecule has 0 spiro atoms. The van der Waals surface area contributed by atoms with E-state index in [4.69, 9.17) is 9.47 Å². The van der Waals surface area contributed by atoms with Crippen molar-refractivity contribution in [3.63, 3.8) is 0 Å². The molecule has 0 aliphatic carbocycles. The van der Waals surface area contributed by atoms with E-state index in [1.807, 2.05) is 12.1 Å². The second kappa shape index (κ2) is 9.03. The van der Waals surface area contributed by atoms with Crippen molar-refractivity contribution in [2.75, 3.05) is 31.7 Å². The molecule has 9 heteroatoms. The van der Waals surface area contributed by atoms with Gasteiger partial charge in [0.1, 0.15) is 5.54 Å². The summed E-state index contributed by atoms with van der Waals surface area (Å²) < 4.78 is 34.2. The van der Waals surface area contributed by atoms with Crippen LogP contribution in [0.25, 0.3) is 0 Å². The van der Waals surface area contributed by atoms with Gasteiger partial charge in [0.2, 0.25) is 0 Å². The number of methoxy groups -OCH3 is 1. The number of amides is 1. The summed E-state index contributed by atoms with van der Waals surface area (Å²) in [6, 6.07) is 7.25. The molecule has 1 amide bonds. The van der Waals surface area contributed by atoms with Crippen LogP contribution in [0.3, 0.4) is 0 Å². The molecule has 166 valence electrons. The van der Waals surface area contributed by atoms with Crippen LogP contribution in [-0.4, -0.2) is 74.6 Å². The molecule has 1 N–H and O–H groups in total. The van der Waals surface area contributed by atoms with Gasteiger partial charge in [0.05, 0.1) is 30.8 Å². The lowest BCUT2D eigenvalue weighted by Crippen LogP contribution is -2.58. The number of carbonyl (C=O) groups is 2. The number of nitrogens with one attached hydrogen (secondary N) is 1. The summed E-state index contributed by atoms with van der Waals surface area (Å²) >= 11 is 0. The van der Waals surface area contributed by atoms with Gasteiger partial charge < -0.3 is 14.8 Å². The van der Waals surface area contributed by atoms with Crippen molar-refractivity contribution >= 4 is 21.7 Å². The van der Waals surface area contributed by atoms with E-state index in [0.717, 1.165) is 25.2 Å². The molecule has 1 aromatic rings. The maximum absolute atomic E-state index is 12.8. The number of hydrogen-bond donors (Lipinski definition) is 1. The second-order valence-electron chi connectivity index (χ2n) is 8.33. The van der Waals surface area contributed by atoms with E-state index in [-0.39, 0.29) is 36.6 Å². The van der Waals surface area contributed by atoms with Crippen LogP contribution < -0.4 is 5.32 Å². The zero-order valence-electron chi connectivity index (χ0n) is 17.7. The van der Waals surface area contributed by atoms with Crippen LogP contribution in [0.2, 0.25) is 0 Å². The summed E-state index contributed by atoms with van der Waals surface area (Å²) in [5.74, 6) is -1.34. The molecule has 0 aromatic heterocycles. The molecule has 0 saturated carbocycles. The highest BCUT2D eigenvalue weighted by atomic mass is 32.2. The predicted octanol–water partition coefficient (Wildman–Crippen LogP) is 1.15. The number of rotatable bonds is 5. The van der Waals surface area contributed by atoms with Crippen molar-refractivity contribution in [3.05, 3.63) is 35.4 Å². The second-order valence-corrected chi connectivity index (χ2v) is 10.6. The lowest BCUT2D eigenvalue weighted by molar-refractivity contribution is -0.148. The monoisotopic (exact) mass is 438 g/mol. The smallest absolute Gasteiger partial charge is 0.331 e. The van der Waals surface area contributed by atoms with E-state index in [0.29, 0.717) is 5.56 Å². The third-order valence-corrected chi connectivity index (χ3v) is 7.38. The molecule has 2 saturated heterocycles. The highest BCUT2D eigenvalue weighted by Gasteiger charge is 2.45. The molecule has 2 fully saturated rings. The highest BCUT2D eigenvalue weighted by molar-refractivity contribution is 7.91. The van der Waals surface area contributed by atoms with Crippen molar-refractivity contribution < 1.29 is 27.5 Å². The van der Waals surface area contributed by atoms with Crippen LogP contribution in [0.15, 0.2) is 24.3 Å². The topological polar surface area (TPSA) is 102 Å². The van der Waals surface area contributed by atoms with E-state index in [9.17, 15) is 18.0 Å². The Hall–Kier alpha value is -1.97. The molecule has 2 aliphatic rings. The SMILES string of the molecule is COC(=O)C1(NC(=O)c2ccc(CN3C[C@@H](C)O[C@@H](C)C3)cc2)CCS(=O)(=O)CC1. The summed E-state index contributed by atoms with van der Waals surface area (Å²) in [5.41, 5.74) is 0.189. The van der Waals surface area contributed by atoms with Crippen molar-refractivity contribution in [2.45, 2.75) is 51.0 Å². The average molecular weight is 439 g/mol. The van der Waals surface area contributed by atoms with E-state index in [1.54, 1.807) is 12.1 Å². The molecular formula is C21H30N2O6S. The molecule has 2 atom stereocenters. The average Bonchev–Trinajstić information content (AvgIpc) is 2.69. The lowest BCUT2D eigenvalue weighted by atomic mass is 9.91. The predicted molar refractivity (Wildman–Crippen MR) is 112 cm³/mol. The number of esters is 1. The van der Waals surface area contributed by atoms with Gasteiger partial charge in [0, 0.05) is 25.2 Å². The van der Waals surface area contributed by atoms with Gasteiger partial charge in [0.15, 0.2) is 9.84 Å². The van der Waals surface area contributed by atoms with Gasteiger partial charge in [-0.2, -0.15) is 0 Å². The number of carbonyl (C=O) groups excluding carboxylic acids is 2. The van der Waals surface area contributed by atoms with Crippen LogP contribution in [0, 0.1) is 0 Å². The Bertz CT molecular complexity index is 859. The van der Waals surface area contributed by atoms with Gasteiger partial charge in [0.25, 0.3) is 5.91 Å². The highest BCUT2D eigenvalue weighted by Crippen LogP contribution is 2.26. The minimum absolute atomic E-state index is 0.0131. The third kappa shape index (κ3) is 5.39. The number of benzene rings is 1. The molecule has 0 unspecified atom stereocenters. The first-order chi connectivity index (χ1) is 14.1. The van der Waals surface area contributed by atoms with Crippen LogP contribution in [0.4, 0.5) is 0 Å². The van der Waals surface area contributed by atoms with Gasteiger partial charge in [-0.25, -0.2) is 13.2 Å². The van der Waals surface area contributed by atoms with E-state index in [1.165, 1.54) is 7.11 Å². The number of ether oxygens (including phenoxy) is 2.